The van der Waals surface area contributed by atoms with E-state index in [4.69, 9.17) is 10.5 Å². The van der Waals surface area contributed by atoms with Crippen LogP contribution in [0.2, 0.25) is 0 Å². The van der Waals surface area contributed by atoms with Crippen LogP contribution in [0.1, 0.15) is 21.6 Å². The largest absolute Gasteiger partial charge is 0.494 e. The first-order valence-electron chi connectivity index (χ1n) is 9.28. The van der Waals surface area contributed by atoms with Crippen LogP contribution < -0.4 is 15.3 Å². The van der Waals surface area contributed by atoms with Crippen molar-refractivity contribution in [3.05, 3.63) is 73.7 Å². The molecule has 0 fully saturated rings. The number of thiazole rings is 1. The van der Waals surface area contributed by atoms with E-state index in [9.17, 15) is 27.9 Å². The van der Waals surface area contributed by atoms with Crippen molar-refractivity contribution in [3.8, 4) is 17.4 Å². The zero-order valence-electron chi connectivity index (χ0n) is 16.7. The Hall–Kier alpha value is -3.31. The zero-order chi connectivity index (χ0) is 23.5. The molecule has 2 aromatic carbocycles. The van der Waals surface area contributed by atoms with E-state index in [0.29, 0.717) is 4.88 Å². The Morgan fingerprint density at radius 3 is 2.41 bits per heavy atom. The lowest BCUT2D eigenvalue weighted by atomic mass is 10.0. The molecule has 0 amide bonds. The number of aromatic amines is 1. The number of ether oxygens (including phenoxy) is 2. The van der Waals surface area contributed by atoms with Crippen LogP contribution in [0.15, 0.2) is 47.3 Å². The van der Waals surface area contributed by atoms with Crippen LogP contribution >= 0.6 is 11.3 Å². The first-order valence-corrected chi connectivity index (χ1v) is 10.1. The summed E-state index contributed by atoms with van der Waals surface area (Å²) in [5.41, 5.74) is 5.58. The molecule has 11 heteroatoms. The van der Waals surface area contributed by atoms with Crippen LogP contribution in [0.25, 0.3) is 0 Å². The average molecular weight is 468 g/mol. The Kier molecular flexibility index (Phi) is 6.90. The van der Waals surface area contributed by atoms with Gasteiger partial charge in [-0.05, 0) is 41.8 Å². The molecule has 0 aliphatic heterocycles. The van der Waals surface area contributed by atoms with E-state index < -0.39 is 29.5 Å². The van der Waals surface area contributed by atoms with Crippen molar-refractivity contribution in [2.45, 2.75) is 25.1 Å². The van der Waals surface area contributed by atoms with Gasteiger partial charge in [-0.15, -0.1) is 0 Å². The molecular formula is C21H19F3N2O5S. The molecule has 4 N–H and O–H groups in total. The minimum atomic E-state index is -4.69. The maximum atomic E-state index is 13.6. The highest BCUT2D eigenvalue weighted by Crippen LogP contribution is 2.39. The predicted octanol–water partition coefficient (Wildman–Crippen LogP) is 3.59. The molecule has 32 heavy (non-hydrogen) atoms. The highest BCUT2D eigenvalue weighted by molar-refractivity contribution is 7.09. The van der Waals surface area contributed by atoms with Crippen LogP contribution in [0.3, 0.4) is 0 Å². The number of aromatic nitrogens is 1. The molecule has 0 bridgehead atoms. The molecule has 3 rings (SSSR count). The summed E-state index contributed by atoms with van der Waals surface area (Å²) in [6.07, 6.45) is -4.54. The van der Waals surface area contributed by atoms with Gasteiger partial charge in [-0.1, -0.05) is 29.5 Å². The third-order valence-electron chi connectivity index (χ3n) is 4.53. The highest BCUT2D eigenvalue weighted by Gasteiger charge is 2.35. The van der Waals surface area contributed by atoms with E-state index in [1.165, 1.54) is 24.3 Å². The van der Waals surface area contributed by atoms with Gasteiger partial charge in [0.25, 0.3) is 0 Å². The number of benzene rings is 2. The molecule has 0 spiro atoms. The van der Waals surface area contributed by atoms with Crippen LogP contribution in [-0.4, -0.2) is 29.2 Å². The van der Waals surface area contributed by atoms with Gasteiger partial charge in [-0.25, -0.2) is 0 Å². The lowest BCUT2D eigenvalue weighted by molar-refractivity contribution is -0.142. The minimum Gasteiger partial charge on any atom is -0.494 e. The monoisotopic (exact) mass is 468 g/mol. The predicted molar refractivity (Wildman–Crippen MR) is 111 cm³/mol. The number of nitrogens with two attached hydrogens (primary N) is 1. The van der Waals surface area contributed by atoms with Gasteiger partial charge in [-0.2, -0.15) is 13.2 Å². The Bertz CT molecular complexity index is 1160. The fraction of sp³-hybridized carbons (Fsp3) is 0.238. The third-order valence-corrected chi connectivity index (χ3v) is 5.40. The standard InChI is InChI=1S/C21H19F3N2O5S/c1-30-19(28)15(25)9-12-4-7-16(14(8-12)21(22,23)24)31-13-5-2-11(3-6-13)10-17-18(27)26-20(29)32-17/h2-8,15,27H,9-10,25H2,1H3,(H,26,29). The maximum Gasteiger partial charge on any atom is 0.419 e. The van der Waals surface area contributed by atoms with E-state index in [1.54, 1.807) is 12.1 Å². The van der Waals surface area contributed by atoms with Crippen molar-refractivity contribution in [2.24, 2.45) is 5.73 Å². The first-order chi connectivity index (χ1) is 15.1. The number of methoxy groups -OCH3 is 1. The number of halogens is 3. The number of rotatable bonds is 7. The van der Waals surface area contributed by atoms with E-state index in [0.717, 1.165) is 30.1 Å². The van der Waals surface area contributed by atoms with Gasteiger partial charge in [0, 0.05) is 6.42 Å². The molecule has 3 aromatic rings. The Labute approximate surface area is 184 Å². The van der Waals surface area contributed by atoms with Gasteiger partial charge < -0.3 is 20.3 Å². The second-order valence-electron chi connectivity index (χ2n) is 6.87. The molecule has 1 aromatic heterocycles. The molecule has 0 saturated carbocycles. The van der Waals surface area contributed by atoms with Gasteiger partial charge >= 0.3 is 17.0 Å². The van der Waals surface area contributed by atoms with Gasteiger partial charge in [-0.3, -0.25) is 14.6 Å². The van der Waals surface area contributed by atoms with Crippen molar-refractivity contribution in [2.75, 3.05) is 7.11 Å². The number of carbonyl (C=O) groups is 1. The molecule has 1 unspecified atom stereocenters. The second-order valence-corrected chi connectivity index (χ2v) is 7.94. The van der Waals surface area contributed by atoms with E-state index in [1.807, 2.05) is 0 Å². The van der Waals surface area contributed by atoms with Crippen molar-refractivity contribution < 1.29 is 32.5 Å². The summed E-state index contributed by atoms with van der Waals surface area (Å²) in [5.74, 6) is -1.16. The van der Waals surface area contributed by atoms with Crippen molar-refractivity contribution in [1.29, 1.82) is 0 Å². The number of hydrogen-bond donors (Lipinski definition) is 3. The normalized spacial score (nSPS) is 12.4. The number of nitrogens with one attached hydrogen (secondary N) is 1. The second kappa shape index (κ2) is 9.45. The number of esters is 1. The fourth-order valence-electron chi connectivity index (χ4n) is 2.96. The zero-order valence-corrected chi connectivity index (χ0v) is 17.5. The van der Waals surface area contributed by atoms with Gasteiger partial charge in [0.1, 0.15) is 17.5 Å². The van der Waals surface area contributed by atoms with Crippen LogP contribution in [0.5, 0.6) is 17.4 Å². The van der Waals surface area contributed by atoms with E-state index in [-0.39, 0.29) is 34.9 Å². The van der Waals surface area contributed by atoms with Gasteiger partial charge in [0.05, 0.1) is 17.6 Å². The van der Waals surface area contributed by atoms with Crippen LogP contribution in [0, 0.1) is 0 Å². The summed E-state index contributed by atoms with van der Waals surface area (Å²) < 4.78 is 50.7. The smallest absolute Gasteiger partial charge is 0.419 e. The Morgan fingerprint density at radius 2 is 1.84 bits per heavy atom. The number of H-pyrrole nitrogens is 1. The van der Waals surface area contributed by atoms with E-state index >= 15 is 0 Å². The quantitative estimate of drug-likeness (QED) is 0.457. The van der Waals surface area contributed by atoms with Crippen molar-refractivity contribution in [1.82, 2.24) is 4.98 Å². The summed E-state index contributed by atoms with van der Waals surface area (Å²) in [6, 6.07) is 8.60. The topological polar surface area (TPSA) is 115 Å². The molecule has 1 atom stereocenters. The number of hydrogen-bond acceptors (Lipinski definition) is 7. The average Bonchev–Trinajstić information content (AvgIpc) is 3.05. The summed E-state index contributed by atoms with van der Waals surface area (Å²) in [4.78, 5) is 25.0. The molecular weight excluding hydrogens is 449 g/mol. The van der Waals surface area contributed by atoms with E-state index in [2.05, 4.69) is 9.72 Å². The van der Waals surface area contributed by atoms with Crippen molar-refractivity contribution >= 4 is 17.3 Å². The highest BCUT2D eigenvalue weighted by atomic mass is 32.1. The number of alkyl halides is 3. The summed E-state index contributed by atoms with van der Waals surface area (Å²) in [7, 11) is 1.15. The summed E-state index contributed by atoms with van der Waals surface area (Å²) >= 11 is 0.874. The lowest BCUT2D eigenvalue weighted by Gasteiger charge is -2.16. The summed E-state index contributed by atoms with van der Waals surface area (Å²) in [5, 5.41) is 9.66. The number of carbonyl (C=O) groups excluding carboxylic acids is 1. The van der Waals surface area contributed by atoms with Gasteiger partial charge in [0.2, 0.25) is 5.88 Å². The first kappa shape index (κ1) is 23.4. The molecule has 0 radical (unpaired) electrons. The lowest BCUT2D eigenvalue weighted by Crippen LogP contribution is -2.33. The number of aromatic hydroxyl groups is 1. The van der Waals surface area contributed by atoms with Gasteiger partial charge in [0.15, 0.2) is 0 Å². The molecule has 1 heterocycles. The summed E-state index contributed by atoms with van der Waals surface area (Å²) in [6.45, 7) is 0. The molecule has 7 nitrogen and oxygen atoms in total. The molecule has 0 saturated heterocycles. The fourth-order valence-corrected chi connectivity index (χ4v) is 3.72. The van der Waals surface area contributed by atoms with Crippen molar-refractivity contribution in [3.63, 3.8) is 0 Å². The molecule has 0 aliphatic carbocycles. The third kappa shape index (κ3) is 5.68. The Balaban J connectivity index is 1.79. The van der Waals surface area contributed by atoms with Crippen LogP contribution in [0.4, 0.5) is 13.2 Å². The molecule has 170 valence electrons. The molecule has 0 aliphatic rings. The SMILES string of the molecule is COC(=O)C(N)Cc1ccc(Oc2ccc(Cc3sc(=O)[nH]c3O)cc2)c(C(F)(F)F)c1. The maximum absolute atomic E-state index is 13.6. The Morgan fingerprint density at radius 1 is 1.19 bits per heavy atom. The van der Waals surface area contributed by atoms with Crippen LogP contribution in [-0.2, 0) is 28.5 Å². The minimum absolute atomic E-state index is 0.122.